The van der Waals surface area contributed by atoms with Crippen molar-refractivity contribution in [1.29, 1.82) is 0 Å². The molecule has 1 saturated carbocycles. The van der Waals surface area contributed by atoms with Crippen LogP contribution in [0.4, 0.5) is 0 Å². The van der Waals surface area contributed by atoms with E-state index in [4.69, 9.17) is 4.74 Å². The van der Waals surface area contributed by atoms with Crippen molar-refractivity contribution < 1.29 is 14.3 Å². The molecule has 0 aliphatic heterocycles. The fraction of sp³-hybridized carbons (Fsp3) is 0.500. The fourth-order valence-corrected chi connectivity index (χ4v) is 2.56. The maximum atomic E-state index is 12.1. The van der Waals surface area contributed by atoms with Gasteiger partial charge in [-0.05, 0) is 37.0 Å². The summed E-state index contributed by atoms with van der Waals surface area (Å²) in [5.41, 5.74) is 1.11. The van der Waals surface area contributed by atoms with Crippen molar-refractivity contribution >= 4 is 11.6 Å². The Hall–Kier alpha value is -1.64. The minimum absolute atomic E-state index is 0.112. The number of Topliss-reactive ketones (excluding diaryl/α,β-unsaturated/α-hetero) is 2. The molecule has 102 valence electrons. The zero-order chi connectivity index (χ0) is 13.7. The van der Waals surface area contributed by atoms with Gasteiger partial charge in [-0.2, -0.15) is 0 Å². The molecule has 0 heterocycles. The largest absolute Gasteiger partial charge is 0.497 e. The second kappa shape index (κ2) is 6.50. The quantitative estimate of drug-likeness (QED) is 0.764. The molecule has 0 amide bonds. The number of ether oxygens (including phenoxy) is 1. The molecule has 1 fully saturated rings. The van der Waals surface area contributed by atoms with Gasteiger partial charge in [0.2, 0.25) is 0 Å². The van der Waals surface area contributed by atoms with E-state index < -0.39 is 0 Å². The molecule has 3 heteroatoms. The highest BCUT2D eigenvalue weighted by Crippen LogP contribution is 2.23. The van der Waals surface area contributed by atoms with Crippen molar-refractivity contribution in [2.45, 2.75) is 38.5 Å². The number of benzene rings is 1. The van der Waals surface area contributed by atoms with Crippen LogP contribution < -0.4 is 4.74 Å². The lowest BCUT2D eigenvalue weighted by atomic mass is 9.83. The Labute approximate surface area is 114 Å². The maximum Gasteiger partial charge on any atom is 0.143 e. The van der Waals surface area contributed by atoms with Crippen LogP contribution in [0.3, 0.4) is 0 Å². The van der Waals surface area contributed by atoms with Crippen molar-refractivity contribution in [1.82, 2.24) is 0 Å². The number of ketones is 2. The summed E-state index contributed by atoms with van der Waals surface area (Å²) in [4.78, 5) is 23.8. The van der Waals surface area contributed by atoms with Crippen LogP contribution in [-0.2, 0) is 16.0 Å². The first-order chi connectivity index (χ1) is 9.20. The van der Waals surface area contributed by atoms with Gasteiger partial charge in [0.1, 0.15) is 17.3 Å². The van der Waals surface area contributed by atoms with Gasteiger partial charge in [0.25, 0.3) is 0 Å². The van der Waals surface area contributed by atoms with E-state index in [-0.39, 0.29) is 17.5 Å². The second-order valence-electron chi connectivity index (χ2n) is 5.08. The van der Waals surface area contributed by atoms with E-state index in [1.54, 1.807) is 7.11 Å². The predicted molar refractivity (Wildman–Crippen MR) is 73.3 cm³/mol. The van der Waals surface area contributed by atoms with E-state index in [2.05, 4.69) is 0 Å². The summed E-state index contributed by atoms with van der Waals surface area (Å²) in [6.45, 7) is 0. The van der Waals surface area contributed by atoms with E-state index in [9.17, 15) is 9.59 Å². The zero-order valence-corrected chi connectivity index (χ0v) is 11.4. The smallest absolute Gasteiger partial charge is 0.143 e. The first-order valence-corrected chi connectivity index (χ1v) is 6.89. The van der Waals surface area contributed by atoms with Crippen LogP contribution in [0.2, 0.25) is 0 Å². The minimum Gasteiger partial charge on any atom is -0.497 e. The number of carbonyl (C=O) groups excluding carboxylic acids is 2. The van der Waals surface area contributed by atoms with Crippen LogP contribution in [0.5, 0.6) is 5.75 Å². The van der Waals surface area contributed by atoms with E-state index in [1.807, 2.05) is 24.3 Å². The molecule has 1 aromatic rings. The van der Waals surface area contributed by atoms with Crippen molar-refractivity contribution in [2.24, 2.45) is 5.92 Å². The predicted octanol–water partition coefficient (Wildman–Crippen LogP) is 2.96. The van der Waals surface area contributed by atoms with Gasteiger partial charge in [-0.1, -0.05) is 18.6 Å². The van der Waals surface area contributed by atoms with Crippen molar-refractivity contribution in [3.63, 3.8) is 0 Å². The SMILES string of the molecule is COc1ccc(CCC(=O)C2CCCCC2=O)cc1. The summed E-state index contributed by atoms with van der Waals surface area (Å²) in [6, 6.07) is 7.72. The average molecular weight is 260 g/mol. The number of hydrogen-bond donors (Lipinski definition) is 0. The van der Waals surface area contributed by atoms with Crippen LogP contribution in [-0.4, -0.2) is 18.7 Å². The Bertz CT molecular complexity index is 448. The van der Waals surface area contributed by atoms with Gasteiger partial charge in [0.15, 0.2) is 0 Å². The van der Waals surface area contributed by atoms with E-state index in [1.165, 1.54) is 0 Å². The summed E-state index contributed by atoms with van der Waals surface area (Å²) < 4.78 is 5.09. The highest BCUT2D eigenvalue weighted by Gasteiger charge is 2.27. The molecule has 19 heavy (non-hydrogen) atoms. The lowest BCUT2D eigenvalue weighted by Crippen LogP contribution is -2.27. The molecule has 0 spiro atoms. The highest BCUT2D eigenvalue weighted by atomic mass is 16.5. The van der Waals surface area contributed by atoms with Gasteiger partial charge in [0.05, 0.1) is 13.0 Å². The number of aryl methyl sites for hydroxylation is 1. The fourth-order valence-electron chi connectivity index (χ4n) is 2.56. The number of hydrogen-bond acceptors (Lipinski definition) is 3. The second-order valence-corrected chi connectivity index (χ2v) is 5.08. The standard InChI is InChI=1S/C16H20O3/c1-19-13-9-6-12(7-10-13)8-11-16(18)14-4-2-3-5-15(14)17/h6-7,9-10,14H,2-5,8,11H2,1H3. The zero-order valence-electron chi connectivity index (χ0n) is 11.4. The Morgan fingerprint density at radius 2 is 2.00 bits per heavy atom. The average Bonchev–Trinajstić information content (AvgIpc) is 2.46. The molecule has 0 bridgehead atoms. The monoisotopic (exact) mass is 260 g/mol. The molecule has 1 aliphatic rings. The summed E-state index contributed by atoms with van der Waals surface area (Å²) in [5.74, 6) is 0.746. The molecule has 0 radical (unpaired) electrons. The van der Waals surface area contributed by atoms with E-state index in [0.29, 0.717) is 19.3 Å². The number of methoxy groups -OCH3 is 1. The Balaban J connectivity index is 1.86. The van der Waals surface area contributed by atoms with Crippen LogP contribution in [0.25, 0.3) is 0 Å². The molecule has 1 aromatic carbocycles. The Kier molecular flexibility index (Phi) is 4.72. The van der Waals surface area contributed by atoms with Gasteiger partial charge in [0, 0.05) is 12.8 Å². The summed E-state index contributed by atoms with van der Waals surface area (Å²) in [6.07, 6.45) is 4.44. The third-order valence-corrected chi connectivity index (χ3v) is 3.76. The van der Waals surface area contributed by atoms with Crippen molar-refractivity contribution in [2.75, 3.05) is 7.11 Å². The molecule has 3 nitrogen and oxygen atoms in total. The van der Waals surface area contributed by atoms with Crippen molar-refractivity contribution in [3.8, 4) is 5.75 Å². The topological polar surface area (TPSA) is 43.4 Å². The lowest BCUT2D eigenvalue weighted by molar-refractivity contribution is -0.134. The van der Waals surface area contributed by atoms with Gasteiger partial charge in [-0.3, -0.25) is 9.59 Å². The van der Waals surface area contributed by atoms with E-state index >= 15 is 0 Å². The van der Waals surface area contributed by atoms with Crippen LogP contribution in [0.15, 0.2) is 24.3 Å². The molecule has 1 atom stereocenters. The van der Waals surface area contributed by atoms with Gasteiger partial charge < -0.3 is 4.74 Å². The summed E-state index contributed by atoms with van der Waals surface area (Å²) in [7, 11) is 1.63. The van der Waals surface area contributed by atoms with Gasteiger partial charge >= 0.3 is 0 Å². The third kappa shape index (κ3) is 3.66. The third-order valence-electron chi connectivity index (χ3n) is 3.76. The molecule has 1 aliphatic carbocycles. The normalized spacial score (nSPS) is 19.2. The summed E-state index contributed by atoms with van der Waals surface area (Å²) in [5, 5.41) is 0. The van der Waals surface area contributed by atoms with Crippen molar-refractivity contribution in [3.05, 3.63) is 29.8 Å². The molecule has 0 saturated heterocycles. The maximum absolute atomic E-state index is 12.1. The molecular formula is C16H20O3. The molecule has 1 unspecified atom stereocenters. The van der Waals surface area contributed by atoms with Crippen LogP contribution >= 0.6 is 0 Å². The molecule has 2 rings (SSSR count). The van der Waals surface area contributed by atoms with Gasteiger partial charge in [-0.15, -0.1) is 0 Å². The molecule has 0 N–H and O–H groups in total. The lowest BCUT2D eigenvalue weighted by Gasteiger charge is -2.19. The Morgan fingerprint density at radius 1 is 1.26 bits per heavy atom. The minimum atomic E-state index is -0.327. The highest BCUT2D eigenvalue weighted by molar-refractivity contribution is 6.02. The van der Waals surface area contributed by atoms with E-state index in [0.717, 1.165) is 30.6 Å². The number of rotatable bonds is 5. The van der Waals surface area contributed by atoms with Crippen LogP contribution in [0, 0.1) is 5.92 Å². The molecular weight excluding hydrogens is 240 g/mol. The van der Waals surface area contributed by atoms with Gasteiger partial charge in [-0.25, -0.2) is 0 Å². The first kappa shape index (κ1) is 13.8. The summed E-state index contributed by atoms with van der Waals surface area (Å²) >= 11 is 0. The van der Waals surface area contributed by atoms with Crippen LogP contribution in [0.1, 0.15) is 37.7 Å². The molecule has 0 aromatic heterocycles. The first-order valence-electron chi connectivity index (χ1n) is 6.89. The number of carbonyl (C=O) groups is 2. The Morgan fingerprint density at radius 3 is 2.63 bits per heavy atom.